The molecule has 0 aliphatic carbocycles. The number of aromatic hydroxyl groups is 2. The van der Waals surface area contributed by atoms with Crippen LogP contribution in [0.3, 0.4) is 0 Å². The van der Waals surface area contributed by atoms with Crippen molar-refractivity contribution in [2.45, 2.75) is 52.9 Å². The Balaban J connectivity index is 2.44. The van der Waals surface area contributed by atoms with Crippen LogP contribution < -0.4 is 0 Å². The minimum absolute atomic E-state index is 0.182. The van der Waals surface area contributed by atoms with Crippen molar-refractivity contribution in [1.82, 2.24) is 0 Å². The van der Waals surface area contributed by atoms with Crippen LogP contribution in [0.4, 0.5) is 0 Å². The molecule has 0 aromatic heterocycles. The first-order valence-corrected chi connectivity index (χ1v) is 7.89. The van der Waals surface area contributed by atoms with Crippen LogP contribution in [0.15, 0.2) is 16.6 Å². The number of benzene rings is 1. The Kier molecular flexibility index (Phi) is 6.70. The van der Waals surface area contributed by atoms with Gasteiger partial charge in [-0.1, -0.05) is 56.0 Å². The molecule has 2 N–H and O–H groups in total. The summed E-state index contributed by atoms with van der Waals surface area (Å²) in [5.74, 6) is 1.76. The van der Waals surface area contributed by atoms with Gasteiger partial charge in [0.15, 0.2) is 0 Å². The third-order valence-corrected chi connectivity index (χ3v) is 3.99. The minimum atomic E-state index is 0.182. The van der Waals surface area contributed by atoms with Crippen LogP contribution in [0.5, 0.6) is 11.5 Å². The van der Waals surface area contributed by atoms with E-state index in [1.54, 1.807) is 12.1 Å². The summed E-state index contributed by atoms with van der Waals surface area (Å²) in [4.78, 5) is 0. The quantitative estimate of drug-likeness (QED) is 0.717. The van der Waals surface area contributed by atoms with E-state index >= 15 is 0 Å². The molecule has 19 heavy (non-hydrogen) atoms. The molecule has 1 unspecified atom stereocenters. The first-order valence-electron chi connectivity index (χ1n) is 7.10. The summed E-state index contributed by atoms with van der Waals surface area (Å²) >= 11 is 3.25. The Labute approximate surface area is 125 Å². The first kappa shape index (κ1) is 16.4. The molecule has 0 aliphatic rings. The molecule has 0 bridgehead atoms. The Bertz CT molecular complexity index is 379. The van der Waals surface area contributed by atoms with Crippen LogP contribution in [0, 0.1) is 11.8 Å². The standard InChI is InChI=1S/C16H25BrO2/c1-11(2)5-4-6-12(3)7-8-14-15(18)9-13(17)10-16(14)19/h9-12,18-19H,4-8H2,1-3H3. The van der Waals surface area contributed by atoms with Crippen LogP contribution in [0.1, 0.15) is 52.0 Å². The summed E-state index contributed by atoms with van der Waals surface area (Å²) in [5, 5.41) is 19.7. The fraction of sp³-hybridized carbons (Fsp3) is 0.625. The third-order valence-electron chi connectivity index (χ3n) is 3.53. The average Bonchev–Trinajstić information content (AvgIpc) is 2.26. The Morgan fingerprint density at radius 1 is 1.00 bits per heavy atom. The molecule has 3 heteroatoms. The van der Waals surface area contributed by atoms with Gasteiger partial charge in [0.2, 0.25) is 0 Å². The molecular formula is C16H25BrO2. The van der Waals surface area contributed by atoms with Crippen molar-refractivity contribution in [1.29, 1.82) is 0 Å². The number of hydrogen-bond acceptors (Lipinski definition) is 2. The minimum Gasteiger partial charge on any atom is -0.507 e. The van der Waals surface area contributed by atoms with Gasteiger partial charge in [-0.15, -0.1) is 0 Å². The molecule has 0 saturated heterocycles. The maximum absolute atomic E-state index is 9.84. The molecule has 1 aromatic rings. The van der Waals surface area contributed by atoms with Crippen molar-refractivity contribution in [3.63, 3.8) is 0 Å². The molecule has 1 aromatic carbocycles. The molecule has 108 valence electrons. The van der Waals surface area contributed by atoms with E-state index in [-0.39, 0.29) is 11.5 Å². The molecule has 0 aliphatic heterocycles. The normalized spacial score (nSPS) is 12.9. The van der Waals surface area contributed by atoms with Crippen LogP contribution in [0.2, 0.25) is 0 Å². The van der Waals surface area contributed by atoms with Gasteiger partial charge in [-0.2, -0.15) is 0 Å². The van der Waals surface area contributed by atoms with Crippen molar-refractivity contribution in [3.8, 4) is 11.5 Å². The molecular weight excluding hydrogens is 304 g/mol. The smallest absolute Gasteiger partial charge is 0.123 e. The van der Waals surface area contributed by atoms with Gasteiger partial charge in [0, 0.05) is 10.0 Å². The molecule has 0 heterocycles. The van der Waals surface area contributed by atoms with Crippen molar-refractivity contribution < 1.29 is 10.2 Å². The van der Waals surface area contributed by atoms with E-state index in [9.17, 15) is 10.2 Å². The Morgan fingerprint density at radius 3 is 2.11 bits per heavy atom. The SMILES string of the molecule is CC(C)CCCC(C)CCc1c(O)cc(Br)cc1O. The zero-order chi connectivity index (χ0) is 14.4. The van der Waals surface area contributed by atoms with E-state index in [1.807, 2.05) is 0 Å². The lowest BCUT2D eigenvalue weighted by Crippen LogP contribution is -1.99. The first-order chi connectivity index (χ1) is 8.90. The van der Waals surface area contributed by atoms with Gasteiger partial charge in [-0.05, 0) is 36.8 Å². The van der Waals surface area contributed by atoms with E-state index in [2.05, 4.69) is 36.7 Å². The van der Waals surface area contributed by atoms with Crippen LogP contribution in [-0.2, 0) is 6.42 Å². The maximum atomic E-state index is 9.84. The largest absolute Gasteiger partial charge is 0.507 e. The van der Waals surface area contributed by atoms with E-state index < -0.39 is 0 Å². The fourth-order valence-corrected chi connectivity index (χ4v) is 2.71. The lowest BCUT2D eigenvalue weighted by Gasteiger charge is -2.14. The number of hydrogen-bond donors (Lipinski definition) is 2. The molecule has 0 radical (unpaired) electrons. The highest BCUT2D eigenvalue weighted by molar-refractivity contribution is 9.10. The van der Waals surface area contributed by atoms with E-state index in [4.69, 9.17) is 0 Å². The number of rotatable bonds is 7. The number of phenols is 2. The van der Waals surface area contributed by atoms with E-state index in [0.717, 1.165) is 18.8 Å². The van der Waals surface area contributed by atoms with Gasteiger partial charge in [-0.25, -0.2) is 0 Å². The molecule has 1 atom stereocenters. The highest BCUT2D eigenvalue weighted by Gasteiger charge is 2.11. The summed E-state index contributed by atoms with van der Waals surface area (Å²) in [6.45, 7) is 6.75. The third kappa shape index (κ3) is 5.85. The highest BCUT2D eigenvalue weighted by atomic mass is 79.9. The van der Waals surface area contributed by atoms with Gasteiger partial charge in [0.1, 0.15) is 11.5 Å². The van der Waals surface area contributed by atoms with Crippen molar-refractivity contribution >= 4 is 15.9 Å². The van der Waals surface area contributed by atoms with E-state index in [1.165, 1.54) is 19.3 Å². The predicted molar refractivity (Wildman–Crippen MR) is 83.6 cm³/mol. The van der Waals surface area contributed by atoms with Gasteiger partial charge < -0.3 is 10.2 Å². The van der Waals surface area contributed by atoms with E-state index in [0.29, 0.717) is 16.0 Å². The monoisotopic (exact) mass is 328 g/mol. The molecule has 1 rings (SSSR count). The average molecular weight is 329 g/mol. The molecule has 0 spiro atoms. The lowest BCUT2D eigenvalue weighted by molar-refractivity contribution is 0.414. The predicted octanol–water partition coefficient (Wildman–Crippen LogP) is 5.26. The Morgan fingerprint density at radius 2 is 1.58 bits per heavy atom. The molecule has 2 nitrogen and oxygen atoms in total. The number of halogens is 1. The highest BCUT2D eigenvalue weighted by Crippen LogP contribution is 2.33. The second-order valence-electron chi connectivity index (χ2n) is 5.89. The van der Waals surface area contributed by atoms with Crippen molar-refractivity contribution in [2.75, 3.05) is 0 Å². The summed E-state index contributed by atoms with van der Waals surface area (Å²) in [6, 6.07) is 3.27. The molecule has 0 amide bonds. The molecule has 0 fully saturated rings. The van der Waals surface area contributed by atoms with Gasteiger partial charge in [0.25, 0.3) is 0 Å². The van der Waals surface area contributed by atoms with Gasteiger partial charge >= 0.3 is 0 Å². The van der Waals surface area contributed by atoms with Gasteiger partial charge in [-0.3, -0.25) is 0 Å². The number of phenolic OH excluding ortho intramolecular Hbond substituents is 2. The molecule has 0 saturated carbocycles. The Hall–Kier alpha value is -0.700. The lowest BCUT2D eigenvalue weighted by atomic mass is 9.94. The topological polar surface area (TPSA) is 40.5 Å². The second-order valence-corrected chi connectivity index (χ2v) is 6.81. The van der Waals surface area contributed by atoms with Crippen molar-refractivity contribution in [2.24, 2.45) is 11.8 Å². The summed E-state index contributed by atoms with van der Waals surface area (Å²) in [5.41, 5.74) is 0.666. The second kappa shape index (κ2) is 7.78. The van der Waals surface area contributed by atoms with Crippen LogP contribution >= 0.6 is 15.9 Å². The van der Waals surface area contributed by atoms with Crippen LogP contribution in [0.25, 0.3) is 0 Å². The van der Waals surface area contributed by atoms with Crippen LogP contribution in [-0.4, -0.2) is 10.2 Å². The fourth-order valence-electron chi connectivity index (χ4n) is 2.27. The zero-order valence-corrected chi connectivity index (χ0v) is 13.7. The summed E-state index contributed by atoms with van der Waals surface area (Å²) < 4.78 is 0.705. The summed E-state index contributed by atoms with van der Waals surface area (Å²) in [7, 11) is 0. The van der Waals surface area contributed by atoms with Crippen molar-refractivity contribution in [3.05, 3.63) is 22.2 Å². The van der Waals surface area contributed by atoms with Gasteiger partial charge in [0.05, 0.1) is 0 Å². The zero-order valence-electron chi connectivity index (χ0n) is 12.1. The maximum Gasteiger partial charge on any atom is 0.123 e. The summed E-state index contributed by atoms with van der Waals surface area (Å²) in [6.07, 6.45) is 5.49.